The lowest BCUT2D eigenvalue weighted by Crippen LogP contribution is -2.53. The second-order valence-electron chi connectivity index (χ2n) is 14.8. The molecule has 2 saturated heterocycles. The van der Waals surface area contributed by atoms with Crippen molar-refractivity contribution in [1.29, 1.82) is 0 Å². The number of rotatable bonds is 12. The number of phenols is 2. The van der Waals surface area contributed by atoms with Crippen molar-refractivity contribution in [2.75, 3.05) is 33.6 Å². The number of methoxy groups -OCH3 is 1. The summed E-state index contributed by atoms with van der Waals surface area (Å²) in [6.07, 6.45) is -4.25. The number of carbonyl (C=O) groups is 5. The van der Waals surface area contributed by atoms with Gasteiger partial charge in [0.2, 0.25) is 16.8 Å². The van der Waals surface area contributed by atoms with Crippen LogP contribution >= 0.6 is 0 Å². The van der Waals surface area contributed by atoms with Crippen LogP contribution in [0.3, 0.4) is 0 Å². The molecule has 2 aliphatic carbocycles. The topological polar surface area (TPSA) is 289 Å². The van der Waals surface area contributed by atoms with Gasteiger partial charge in [-0.1, -0.05) is 12.1 Å². The molecule has 0 aromatic heterocycles. The lowest BCUT2D eigenvalue weighted by atomic mass is 9.72. The first-order valence-electron chi connectivity index (χ1n) is 19.0. The van der Waals surface area contributed by atoms with E-state index in [1.807, 2.05) is 0 Å². The molecule has 0 saturated carbocycles. The normalized spacial score (nSPS) is 24.9. The fraction of sp³-hybridized carbons (Fsp3) is 0.425. The quantitative estimate of drug-likeness (QED) is 0.0259. The van der Waals surface area contributed by atoms with Gasteiger partial charge in [-0.05, 0) is 50.1 Å². The van der Waals surface area contributed by atoms with Crippen LogP contribution in [0.25, 0.3) is 0 Å². The Bertz CT molecular complexity index is 2250. The minimum absolute atomic E-state index is 0.00540. The van der Waals surface area contributed by atoms with Gasteiger partial charge in [0.25, 0.3) is 6.79 Å². The summed E-state index contributed by atoms with van der Waals surface area (Å²) in [7, 11) is 1.30. The van der Waals surface area contributed by atoms with E-state index in [-0.39, 0.29) is 50.5 Å². The highest BCUT2D eigenvalue weighted by atomic mass is 16.8. The van der Waals surface area contributed by atoms with E-state index in [0.29, 0.717) is 13.1 Å². The number of Topliss-reactive ketones (excluding diaryl/α,β-unsaturated/α-hetero) is 1. The zero-order chi connectivity index (χ0) is 43.0. The summed E-state index contributed by atoms with van der Waals surface area (Å²) in [6, 6.07) is 8.38. The van der Waals surface area contributed by atoms with Crippen molar-refractivity contribution in [2.24, 2.45) is 11.0 Å². The molecule has 4 aliphatic rings. The van der Waals surface area contributed by atoms with E-state index in [1.165, 1.54) is 54.6 Å². The van der Waals surface area contributed by atoms with E-state index < -0.39 is 114 Å². The standard InChI is InChI=1S/C40H42N4O16/c1-19-33(46)24(41)14-28(59-19)60-26-16-40(53,15-23-30(26)37(50)32-31(35(23)48)34(47)22-6-5-7-25(55-2)29(22)36(32)49)27(45)17-56-38(51)20-8-10-21(11-9-20)39(52)57-18-58-42-44(54)43-12-3-4-13-43/h5-11,19,24,26,28,33,46,48,50,53H,3-4,12-18,41H2,1-2H3/b44-42-/t19-,24-,26-,28-,33+,40-/m0/s1. The molecule has 7 rings (SSSR count). The van der Waals surface area contributed by atoms with Gasteiger partial charge in [-0.25, -0.2) is 9.59 Å². The van der Waals surface area contributed by atoms with Gasteiger partial charge in [0.15, 0.2) is 18.7 Å². The van der Waals surface area contributed by atoms with Gasteiger partial charge >= 0.3 is 11.9 Å². The van der Waals surface area contributed by atoms with Crippen LogP contribution in [0.2, 0.25) is 0 Å². The molecule has 6 N–H and O–H groups in total. The molecule has 3 aromatic carbocycles. The number of phenolic OH excluding ortho intramolecular Hbond substituents is 2. The molecule has 0 radical (unpaired) electrons. The van der Waals surface area contributed by atoms with Gasteiger partial charge in [-0.15, -0.1) is 5.01 Å². The van der Waals surface area contributed by atoms with E-state index in [0.717, 1.165) is 12.8 Å². The number of aromatic hydroxyl groups is 2. The first-order chi connectivity index (χ1) is 28.6. The molecule has 2 aliphatic heterocycles. The Hall–Kier alpha value is -6.19. The van der Waals surface area contributed by atoms with Crippen LogP contribution in [0.15, 0.2) is 47.7 Å². The Labute approximate surface area is 341 Å². The molecule has 3 aromatic rings. The predicted molar refractivity (Wildman–Crippen MR) is 200 cm³/mol. The molecule has 2 fully saturated rings. The monoisotopic (exact) mass is 834 g/mol. The van der Waals surface area contributed by atoms with Crippen LogP contribution < -0.4 is 10.5 Å². The van der Waals surface area contributed by atoms with Crippen LogP contribution in [0.5, 0.6) is 17.2 Å². The highest BCUT2D eigenvalue weighted by Crippen LogP contribution is 2.52. The van der Waals surface area contributed by atoms with E-state index in [4.69, 9.17) is 34.3 Å². The molecule has 0 unspecified atom stereocenters. The molecule has 20 heteroatoms. The number of carbonyl (C=O) groups excluding carboxylic acids is 5. The number of nitrogens with zero attached hydrogens (tertiary/aromatic N) is 3. The molecule has 0 amide bonds. The maximum Gasteiger partial charge on any atom is 0.341 e. The van der Waals surface area contributed by atoms with E-state index >= 15 is 0 Å². The van der Waals surface area contributed by atoms with Gasteiger partial charge in [0, 0.05) is 42.0 Å². The average Bonchev–Trinajstić information content (AvgIpc) is 3.79. The average molecular weight is 835 g/mol. The number of ether oxygens (including phenoxy) is 5. The van der Waals surface area contributed by atoms with Crippen LogP contribution in [0.4, 0.5) is 0 Å². The number of esters is 2. The van der Waals surface area contributed by atoms with Crippen LogP contribution in [-0.2, 0) is 35.0 Å². The van der Waals surface area contributed by atoms with Gasteiger partial charge < -0.3 is 59.9 Å². The fourth-order valence-electron chi connectivity index (χ4n) is 7.85. The minimum Gasteiger partial charge on any atom is -0.569 e. The number of aliphatic hydroxyl groups is 2. The second kappa shape index (κ2) is 16.8. The number of fused-ring (bicyclic) bond motifs is 3. The van der Waals surface area contributed by atoms with Crippen molar-refractivity contribution >= 4 is 29.3 Å². The fourth-order valence-corrected chi connectivity index (χ4v) is 7.85. The third-order valence-electron chi connectivity index (χ3n) is 11.0. The summed E-state index contributed by atoms with van der Waals surface area (Å²) in [6.45, 7) is 0.953. The summed E-state index contributed by atoms with van der Waals surface area (Å²) in [5.74, 6) is -6.08. The van der Waals surface area contributed by atoms with Crippen LogP contribution in [0, 0.1) is 5.21 Å². The minimum atomic E-state index is -2.46. The summed E-state index contributed by atoms with van der Waals surface area (Å²) >= 11 is 0. The lowest BCUT2D eigenvalue weighted by Gasteiger charge is -2.42. The molecular weight excluding hydrogens is 792 g/mol. The Morgan fingerprint density at radius 1 is 0.983 bits per heavy atom. The molecule has 6 atom stereocenters. The van der Waals surface area contributed by atoms with Crippen molar-refractivity contribution < 1.29 is 77.9 Å². The molecule has 0 bridgehead atoms. The summed E-state index contributed by atoms with van der Waals surface area (Å²) in [5, 5.41) is 62.4. The Balaban J connectivity index is 1.09. The third-order valence-corrected chi connectivity index (χ3v) is 11.0. The van der Waals surface area contributed by atoms with Crippen LogP contribution in [0.1, 0.15) is 102 Å². The molecule has 0 spiro atoms. The zero-order valence-electron chi connectivity index (χ0n) is 32.4. The number of hydrogen-bond acceptors (Lipinski definition) is 18. The number of benzene rings is 3. The van der Waals surface area contributed by atoms with Crippen LogP contribution in [-0.4, -0.2) is 123 Å². The maximum absolute atomic E-state index is 14.0. The summed E-state index contributed by atoms with van der Waals surface area (Å²) in [5.41, 5.74) is 1.72. The molecular formula is C40H42N4O16. The third kappa shape index (κ3) is 7.82. The zero-order valence-corrected chi connectivity index (χ0v) is 32.4. The smallest absolute Gasteiger partial charge is 0.341 e. The predicted octanol–water partition coefficient (Wildman–Crippen LogP) is 1.89. The van der Waals surface area contributed by atoms with Gasteiger partial charge in [-0.2, -0.15) is 0 Å². The first-order valence-corrected chi connectivity index (χ1v) is 19.0. The number of hydrazine groups is 1. The van der Waals surface area contributed by atoms with E-state index in [9.17, 15) is 49.6 Å². The van der Waals surface area contributed by atoms with Crippen molar-refractivity contribution in [1.82, 2.24) is 5.01 Å². The van der Waals surface area contributed by atoms with Gasteiger partial charge in [-0.3, -0.25) is 14.4 Å². The van der Waals surface area contributed by atoms with Crippen molar-refractivity contribution in [2.45, 2.75) is 75.3 Å². The Kier molecular flexibility index (Phi) is 11.8. The number of ketones is 3. The molecule has 60 heavy (non-hydrogen) atoms. The summed E-state index contributed by atoms with van der Waals surface area (Å²) in [4.78, 5) is 72.1. The summed E-state index contributed by atoms with van der Waals surface area (Å²) < 4.78 is 27.5. The molecule has 2 heterocycles. The number of nitrogens with two attached hydrogens (primary N) is 1. The van der Waals surface area contributed by atoms with Gasteiger partial charge in [0.1, 0.15) is 22.8 Å². The van der Waals surface area contributed by atoms with E-state index in [1.54, 1.807) is 6.92 Å². The van der Waals surface area contributed by atoms with Crippen molar-refractivity contribution in [3.63, 3.8) is 0 Å². The number of hydrogen-bond donors (Lipinski definition) is 5. The SMILES string of the molecule is COc1cccc2c1C(=O)c1c(O)c3c(c(O)c1C2=O)C[C@@](O)(C(=O)COC(=O)c1ccc(C(=O)OCO/N=[N+](\[O-])N2CCCC2)cc1)C[C@@H]3O[C@H]1C[C@H](N)[C@H](O)[C@H](C)O1. The Morgan fingerprint density at radius 3 is 2.28 bits per heavy atom. The second-order valence-corrected chi connectivity index (χ2v) is 14.8. The maximum atomic E-state index is 14.0. The Morgan fingerprint density at radius 2 is 1.63 bits per heavy atom. The highest BCUT2D eigenvalue weighted by molar-refractivity contribution is 6.31. The van der Waals surface area contributed by atoms with Gasteiger partial charge in [0.05, 0.1) is 71.3 Å². The lowest BCUT2D eigenvalue weighted by molar-refractivity contribution is -0.708. The first kappa shape index (κ1) is 42.0. The highest BCUT2D eigenvalue weighted by Gasteiger charge is 2.50. The molecule has 20 nitrogen and oxygen atoms in total. The number of aliphatic hydroxyl groups excluding tert-OH is 1. The van der Waals surface area contributed by atoms with E-state index in [2.05, 4.69) is 5.28 Å². The largest absolute Gasteiger partial charge is 0.569 e. The van der Waals surface area contributed by atoms with Crippen molar-refractivity contribution in [3.8, 4) is 17.2 Å². The molecule has 318 valence electrons. The van der Waals surface area contributed by atoms with Crippen molar-refractivity contribution in [3.05, 3.63) is 92.2 Å².